The molecule has 5 nitrogen and oxygen atoms in total. The van der Waals surface area contributed by atoms with Crippen molar-refractivity contribution in [3.8, 4) is 0 Å². The summed E-state index contributed by atoms with van der Waals surface area (Å²) in [7, 11) is 0. The van der Waals surface area contributed by atoms with Gasteiger partial charge in [0.15, 0.2) is 0 Å². The molecule has 0 spiro atoms. The lowest BCUT2D eigenvalue weighted by Gasteiger charge is -2.36. The van der Waals surface area contributed by atoms with E-state index in [1.165, 1.54) is 49.7 Å². The van der Waals surface area contributed by atoms with E-state index in [0.29, 0.717) is 0 Å². The van der Waals surface area contributed by atoms with Gasteiger partial charge in [0.25, 0.3) is 0 Å². The van der Waals surface area contributed by atoms with Crippen molar-refractivity contribution in [2.24, 2.45) is 0 Å². The first-order chi connectivity index (χ1) is 11.9. The van der Waals surface area contributed by atoms with E-state index < -0.39 is 0 Å². The van der Waals surface area contributed by atoms with Gasteiger partial charge in [-0.3, -0.25) is 14.7 Å². The van der Waals surface area contributed by atoms with Crippen molar-refractivity contribution < 1.29 is 0 Å². The van der Waals surface area contributed by atoms with Crippen LogP contribution >= 0.6 is 0 Å². The number of imidazole rings is 1. The maximum atomic E-state index is 4.39. The van der Waals surface area contributed by atoms with Gasteiger partial charge in [0.05, 0.1) is 17.7 Å². The number of piperazine rings is 1. The van der Waals surface area contributed by atoms with Crippen molar-refractivity contribution in [3.05, 3.63) is 53.6 Å². The summed E-state index contributed by atoms with van der Waals surface area (Å²) in [6, 6.07) is 10.8. The summed E-state index contributed by atoms with van der Waals surface area (Å²) in [4.78, 5) is 15.4. The third-order valence-electron chi connectivity index (χ3n) is 5.30. The summed E-state index contributed by atoms with van der Waals surface area (Å²) in [5.74, 6) is 0. The number of fused-ring (bicyclic) bond motifs is 1. The first-order valence-electron chi connectivity index (χ1n) is 9.09. The standard InChI is InChI=1S/C19H27N5/c1-2-4-17(5-3-1)14-24-12-9-22(10-13-24)8-11-23-7-6-18-19(15-23)21-16-20-18/h1-5,16H,6-15H2,(H,20,21). The van der Waals surface area contributed by atoms with Gasteiger partial charge in [0.2, 0.25) is 0 Å². The lowest BCUT2D eigenvalue weighted by molar-refractivity contribution is 0.111. The van der Waals surface area contributed by atoms with Gasteiger partial charge in [-0.05, 0) is 5.56 Å². The van der Waals surface area contributed by atoms with Crippen molar-refractivity contribution in [2.45, 2.75) is 19.5 Å². The average molecular weight is 325 g/mol. The molecule has 1 aromatic heterocycles. The van der Waals surface area contributed by atoms with E-state index in [0.717, 1.165) is 32.6 Å². The van der Waals surface area contributed by atoms with Crippen molar-refractivity contribution in [2.75, 3.05) is 45.8 Å². The van der Waals surface area contributed by atoms with E-state index in [2.05, 4.69) is 55.0 Å². The summed E-state index contributed by atoms with van der Waals surface area (Å²) in [6.45, 7) is 10.4. The van der Waals surface area contributed by atoms with Crippen LogP contribution < -0.4 is 0 Å². The number of hydrogen-bond donors (Lipinski definition) is 1. The number of aromatic nitrogens is 2. The third kappa shape index (κ3) is 3.86. The van der Waals surface area contributed by atoms with Gasteiger partial charge in [0, 0.05) is 65.3 Å². The van der Waals surface area contributed by atoms with Crippen LogP contribution in [0.1, 0.15) is 17.0 Å². The number of benzene rings is 1. The van der Waals surface area contributed by atoms with Gasteiger partial charge in [-0.1, -0.05) is 30.3 Å². The molecule has 0 amide bonds. The lowest BCUT2D eigenvalue weighted by Crippen LogP contribution is -2.48. The summed E-state index contributed by atoms with van der Waals surface area (Å²) >= 11 is 0. The number of rotatable bonds is 5. The molecule has 2 aliphatic rings. The summed E-state index contributed by atoms with van der Waals surface area (Å²) in [5, 5.41) is 0. The van der Waals surface area contributed by atoms with Crippen LogP contribution in [0.5, 0.6) is 0 Å². The Morgan fingerprint density at radius 3 is 2.46 bits per heavy atom. The minimum atomic E-state index is 1.03. The summed E-state index contributed by atoms with van der Waals surface area (Å²) in [5.41, 5.74) is 4.00. The van der Waals surface area contributed by atoms with Crippen LogP contribution in [-0.4, -0.2) is 70.5 Å². The smallest absolute Gasteiger partial charge is 0.0925 e. The molecule has 1 saturated heterocycles. The number of nitrogens with one attached hydrogen (secondary N) is 1. The molecule has 3 heterocycles. The van der Waals surface area contributed by atoms with E-state index in [1.54, 1.807) is 0 Å². The highest BCUT2D eigenvalue weighted by Gasteiger charge is 2.20. The van der Waals surface area contributed by atoms with E-state index in [-0.39, 0.29) is 0 Å². The minimum Gasteiger partial charge on any atom is -0.347 e. The average Bonchev–Trinajstić information content (AvgIpc) is 3.10. The zero-order valence-corrected chi connectivity index (χ0v) is 14.3. The van der Waals surface area contributed by atoms with Crippen molar-refractivity contribution in [1.82, 2.24) is 24.7 Å². The fourth-order valence-corrected chi connectivity index (χ4v) is 3.75. The van der Waals surface area contributed by atoms with Crippen LogP contribution in [0.4, 0.5) is 0 Å². The van der Waals surface area contributed by atoms with Crippen LogP contribution in [0, 0.1) is 0 Å². The van der Waals surface area contributed by atoms with Crippen molar-refractivity contribution in [3.63, 3.8) is 0 Å². The fraction of sp³-hybridized carbons (Fsp3) is 0.526. The molecule has 0 aliphatic carbocycles. The second-order valence-electron chi connectivity index (χ2n) is 6.96. The molecule has 0 saturated carbocycles. The normalized spacial score (nSPS) is 20.2. The highest BCUT2D eigenvalue weighted by molar-refractivity contribution is 5.15. The van der Waals surface area contributed by atoms with Crippen molar-refractivity contribution in [1.29, 1.82) is 0 Å². The molecule has 0 bridgehead atoms. The molecule has 128 valence electrons. The molecule has 2 aliphatic heterocycles. The number of H-pyrrole nitrogens is 1. The van der Waals surface area contributed by atoms with Crippen LogP contribution in [-0.2, 0) is 19.5 Å². The zero-order chi connectivity index (χ0) is 16.2. The maximum absolute atomic E-state index is 4.39. The van der Waals surface area contributed by atoms with E-state index in [4.69, 9.17) is 0 Å². The summed E-state index contributed by atoms with van der Waals surface area (Å²) < 4.78 is 0. The van der Waals surface area contributed by atoms with Crippen LogP contribution in [0.2, 0.25) is 0 Å². The fourth-order valence-electron chi connectivity index (χ4n) is 3.75. The zero-order valence-electron chi connectivity index (χ0n) is 14.3. The Morgan fingerprint density at radius 1 is 0.875 bits per heavy atom. The van der Waals surface area contributed by atoms with Gasteiger partial charge in [-0.25, -0.2) is 4.98 Å². The molecular formula is C19H27N5. The molecule has 1 N–H and O–H groups in total. The molecule has 4 rings (SSSR count). The monoisotopic (exact) mass is 325 g/mol. The molecular weight excluding hydrogens is 298 g/mol. The Balaban J connectivity index is 1.19. The quantitative estimate of drug-likeness (QED) is 0.906. The highest BCUT2D eigenvalue weighted by atomic mass is 15.3. The molecule has 0 radical (unpaired) electrons. The minimum absolute atomic E-state index is 1.03. The van der Waals surface area contributed by atoms with Crippen LogP contribution in [0.15, 0.2) is 36.7 Å². The molecule has 24 heavy (non-hydrogen) atoms. The molecule has 5 heteroatoms. The van der Waals surface area contributed by atoms with Gasteiger partial charge in [-0.2, -0.15) is 0 Å². The van der Waals surface area contributed by atoms with Crippen LogP contribution in [0.3, 0.4) is 0 Å². The van der Waals surface area contributed by atoms with Crippen molar-refractivity contribution >= 4 is 0 Å². The van der Waals surface area contributed by atoms with Gasteiger partial charge < -0.3 is 4.98 Å². The van der Waals surface area contributed by atoms with Crippen LogP contribution in [0.25, 0.3) is 0 Å². The Labute approximate surface area is 144 Å². The number of hydrogen-bond acceptors (Lipinski definition) is 4. The molecule has 2 aromatic rings. The van der Waals surface area contributed by atoms with E-state index >= 15 is 0 Å². The molecule has 1 fully saturated rings. The predicted molar refractivity (Wildman–Crippen MR) is 95.7 cm³/mol. The lowest BCUT2D eigenvalue weighted by atomic mass is 10.1. The second-order valence-corrected chi connectivity index (χ2v) is 6.96. The van der Waals surface area contributed by atoms with Gasteiger partial charge in [0.1, 0.15) is 0 Å². The van der Waals surface area contributed by atoms with Gasteiger partial charge in [-0.15, -0.1) is 0 Å². The second kappa shape index (κ2) is 7.47. The Kier molecular flexibility index (Phi) is 4.92. The predicted octanol–water partition coefficient (Wildman–Crippen LogP) is 1.59. The molecule has 1 aromatic carbocycles. The van der Waals surface area contributed by atoms with E-state index in [1.807, 2.05) is 6.33 Å². The summed E-state index contributed by atoms with van der Waals surface area (Å²) in [6.07, 6.45) is 2.92. The SMILES string of the molecule is c1ccc(CN2CCN(CCN3CCc4nc[nH]c4C3)CC2)cc1. The Hall–Kier alpha value is -1.69. The number of nitrogens with zero attached hydrogens (tertiary/aromatic N) is 4. The number of aromatic amines is 1. The Morgan fingerprint density at radius 2 is 1.62 bits per heavy atom. The third-order valence-corrected chi connectivity index (χ3v) is 5.30. The largest absolute Gasteiger partial charge is 0.347 e. The first kappa shape index (κ1) is 15.8. The topological polar surface area (TPSA) is 38.4 Å². The molecule has 0 unspecified atom stereocenters. The first-order valence-corrected chi connectivity index (χ1v) is 9.09. The van der Waals surface area contributed by atoms with Gasteiger partial charge >= 0.3 is 0 Å². The van der Waals surface area contributed by atoms with E-state index in [9.17, 15) is 0 Å². The highest BCUT2D eigenvalue weighted by Crippen LogP contribution is 2.15. The maximum Gasteiger partial charge on any atom is 0.0925 e. The Bertz CT molecular complexity index is 630. The molecule has 0 atom stereocenters.